The van der Waals surface area contributed by atoms with Crippen LogP contribution in [0.2, 0.25) is 0 Å². The zero-order chi connectivity index (χ0) is 21.0. The Bertz CT molecular complexity index is 1080. The quantitative estimate of drug-likeness (QED) is 0.636. The molecule has 0 aliphatic heterocycles. The van der Waals surface area contributed by atoms with Crippen molar-refractivity contribution in [1.29, 1.82) is 0 Å². The zero-order valence-corrected chi connectivity index (χ0v) is 16.1. The minimum atomic E-state index is -1.24. The molecule has 3 atom stereocenters. The van der Waals surface area contributed by atoms with Crippen molar-refractivity contribution in [3.63, 3.8) is 0 Å². The number of hydrogen-bond donors (Lipinski definition) is 2. The van der Waals surface area contributed by atoms with Crippen LogP contribution in [0.5, 0.6) is 0 Å². The Morgan fingerprint density at radius 2 is 1.76 bits per heavy atom. The molecule has 8 heteroatoms. The summed E-state index contributed by atoms with van der Waals surface area (Å²) in [5.41, 5.74) is 0.431. The van der Waals surface area contributed by atoms with Gasteiger partial charge in [0.1, 0.15) is 11.6 Å². The Labute approximate surface area is 167 Å². The van der Waals surface area contributed by atoms with E-state index in [0.29, 0.717) is 22.9 Å². The molecular formula is C21H22N4O4. The molecule has 0 saturated heterocycles. The molecule has 0 spiro atoms. The minimum Gasteiger partial charge on any atom is -0.479 e. The van der Waals surface area contributed by atoms with E-state index in [9.17, 15) is 19.5 Å². The molecule has 3 unspecified atom stereocenters. The van der Waals surface area contributed by atoms with Crippen molar-refractivity contribution in [3.05, 3.63) is 70.5 Å². The van der Waals surface area contributed by atoms with E-state index in [2.05, 4.69) is 15.6 Å². The van der Waals surface area contributed by atoms with Crippen molar-refractivity contribution in [2.24, 2.45) is 5.92 Å². The van der Waals surface area contributed by atoms with Gasteiger partial charge in [-0.2, -0.15) is 4.68 Å². The summed E-state index contributed by atoms with van der Waals surface area (Å²) in [5, 5.41) is 20.5. The highest BCUT2D eigenvalue weighted by molar-refractivity contribution is 5.87. The van der Waals surface area contributed by atoms with Crippen molar-refractivity contribution in [2.75, 3.05) is 0 Å². The Hall–Kier alpha value is -3.55. The molecule has 8 nitrogen and oxygen atoms in total. The summed E-state index contributed by atoms with van der Waals surface area (Å²) in [6.07, 6.45) is 0.585. The fourth-order valence-corrected chi connectivity index (χ4v) is 3.18. The predicted octanol–water partition coefficient (Wildman–Crippen LogP) is 2.32. The maximum atomic E-state index is 13.1. The van der Waals surface area contributed by atoms with E-state index >= 15 is 0 Å². The second kappa shape index (κ2) is 8.64. The van der Waals surface area contributed by atoms with Crippen molar-refractivity contribution < 1.29 is 14.7 Å². The van der Waals surface area contributed by atoms with Crippen LogP contribution < -0.4 is 10.9 Å². The molecule has 0 aliphatic rings. The first-order chi connectivity index (χ1) is 13.9. The fourth-order valence-electron chi connectivity index (χ4n) is 3.18. The third-order valence-corrected chi connectivity index (χ3v) is 4.97. The highest BCUT2D eigenvalue weighted by atomic mass is 16.4. The minimum absolute atomic E-state index is 0.270. The lowest BCUT2D eigenvalue weighted by molar-refractivity contribution is -0.143. The molecule has 1 amide bonds. The normalized spacial score (nSPS) is 14.1. The maximum Gasteiger partial charge on any atom is 0.330 e. The summed E-state index contributed by atoms with van der Waals surface area (Å²) in [6, 6.07) is 12.9. The van der Waals surface area contributed by atoms with Crippen LogP contribution in [-0.2, 0) is 9.59 Å². The standard InChI is InChI=1S/C21H22N4O4/c1-3-13(2)18(25-20(27)15-11-7-8-12-16(15)23-24-25)19(26)22-17(21(28)29)14-9-5-4-6-10-14/h4-13,17-18H,3H2,1-2H3,(H,22,26)(H,28,29). The molecular weight excluding hydrogens is 372 g/mol. The lowest BCUT2D eigenvalue weighted by atomic mass is 9.97. The third kappa shape index (κ3) is 4.16. The summed E-state index contributed by atoms with van der Waals surface area (Å²) >= 11 is 0. The smallest absolute Gasteiger partial charge is 0.330 e. The number of benzene rings is 2. The molecule has 0 saturated carbocycles. The van der Waals surface area contributed by atoms with Crippen LogP contribution in [0, 0.1) is 5.92 Å². The maximum absolute atomic E-state index is 13.1. The summed E-state index contributed by atoms with van der Waals surface area (Å²) in [6.45, 7) is 3.70. The van der Waals surface area contributed by atoms with E-state index in [4.69, 9.17) is 0 Å². The monoisotopic (exact) mass is 394 g/mol. The molecule has 2 aromatic carbocycles. The van der Waals surface area contributed by atoms with Gasteiger partial charge >= 0.3 is 5.97 Å². The second-order valence-corrected chi connectivity index (χ2v) is 6.88. The summed E-state index contributed by atoms with van der Waals surface area (Å²) in [4.78, 5) is 37.8. The van der Waals surface area contributed by atoms with Gasteiger partial charge in [-0.3, -0.25) is 9.59 Å². The molecule has 3 rings (SSSR count). The number of nitrogens with zero attached hydrogens (tertiary/aromatic N) is 3. The second-order valence-electron chi connectivity index (χ2n) is 6.88. The number of fused-ring (bicyclic) bond motifs is 1. The Morgan fingerprint density at radius 3 is 2.41 bits per heavy atom. The molecule has 0 fully saturated rings. The number of aliphatic carboxylic acids is 1. The van der Waals surface area contributed by atoms with Gasteiger partial charge < -0.3 is 10.4 Å². The van der Waals surface area contributed by atoms with Crippen molar-refractivity contribution in [2.45, 2.75) is 32.4 Å². The molecule has 29 heavy (non-hydrogen) atoms. The van der Waals surface area contributed by atoms with E-state index in [1.54, 1.807) is 54.6 Å². The largest absolute Gasteiger partial charge is 0.479 e. The zero-order valence-electron chi connectivity index (χ0n) is 16.1. The first-order valence-corrected chi connectivity index (χ1v) is 9.36. The lowest BCUT2D eigenvalue weighted by Gasteiger charge is -2.25. The van der Waals surface area contributed by atoms with Gasteiger partial charge in [-0.15, -0.1) is 5.10 Å². The van der Waals surface area contributed by atoms with Crippen LogP contribution in [0.15, 0.2) is 59.4 Å². The van der Waals surface area contributed by atoms with E-state index in [0.717, 1.165) is 4.68 Å². The van der Waals surface area contributed by atoms with Gasteiger partial charge in [0.05, 0.1) is 5.39 Å². The molecule has 0 aliphatic carbocycles. The average Bonchev–Trinajstić information content (AvgIpc) is 2.74. The molecule has 3 aromatic rings. The predicted molar refractivity (Wildman–Crippen MR) is 107 cm³/mol. The van der Waals surface area contributed by atoms with Gasteiger partial charge in [0.25, 0.3) is 5.56 Å². The van der Waals surface area contributed by atoms with Gasteiger partial charge in [0, 0.05) is 0 Å². The lowest BCUT2D eigenvalue weighted by Crippen LogP contribution is -2.44. The highest BCUT2D eigenvalue weighted by Gasteiger charge is 2.32. The number of carboxylic acids is 1. The fraction of sp³-hybridized carbons (Fsp3) is 0.286. The summed E-state index contributed by atoms with van der Waals surface area (Å²) in [7, 11) is 0. The van der Waals surface area contributed by atoms with Gasteiger partial charge in [0.2, 0.25) is 5.91 Å². The van der Waals surface area contributed by atoms with Crippen LogP contribution in [0.4, 0.5) is 0 Å². The number of amides is 1. The van der Waals surface area contributed by atoms with Crippen molar-refractivity contribution in [1.82, 2.24) is 20.3 Å². The number of rotatable bonds is 7. The number of aromatic nitrogens is 3. The van der Waals surface area contributed by atoms with E-state index in [1.807, 2.05) is 13.8 Å². The van der Waals surface area contributed by atoms with Gasteiger partial charge in [-0.25, -0.2) is 4.79 Å². The molecule has 2 N–H and O–H groups in total. The molecule has 1 heterocycles. The number of carbonyl (C=O) groups excluding carboxylic acids is 1. The van der Waals surface area contributed by atoms with Crippen LogP contribution in [0.1, 0.15) is 37.9 Å². The van der Waals surface area contributed by atoms with E-state index < -0.39 is 29.5 Å². The van der Waals surface area contributed by atoms with E-state index in [1.165, 1.54) is 0 Å². The Morgan fingerprint density at radius 1 is 1.10 bits per heavy atom. The van der Waals surface area contributed by atoms with Gasteiger partial charge in [-0.05, 0) is 23.6 Å². The molecule has 0 radical (unpaired) electrons. The number of hydrogen-bond acceptors (Lipinski definition) is 5. The topological polar surface area (TPSA) is 114 Å². The first kappa shape index (κ1) is 20.2. The third-order valence-electron chi connectivity index (χ3n) is 4.97. The number of carboxylic acid groups (broad SMARTS) is 1. The van der Waals surface area contributed by atoms with Crippen molar-refractivity contribution >= 4 is 22.8 Å². The van der Waals surface area contributed by atoms with Crippen LogP contribution >= 0.6 is 0 Å². The van der Waals surface area contributed by atoms with Crippen LogP contribution in [0.25, 0.3) is 10.9 Å². The van der Waals surface area contributed by atoms with Gasteiger partial charge in [0.15, 0.2) is 6.04 Å². The molecule has 0 bridgehead atoms. The first-order valence-electron chi connectivity index (χ1n) is 9.36. The summed E-state index contributed by atoms with van der Waals surface area (Å²) < 4.78 is 1.05. The molecule has 1 aromatic heterocycles. The van der Waals surface area contributed by atoms with E-state index in [-0.39, 0.29) is 5.92 Å². The van der Waals surface area contributed by atoms with Gasteiger partial charge in [-0.1, -0.05) is 67.9 Å². The SMILES string of the molecule is CCC(C)C(C(=O)NC(C(=O)O)c1ccccc1)n1nnc2ccccc2c1=O. The van der Waals surface area contributed by atoms with Crippen molar-refractivity contribution in [3.8, 4) is 0 Å². The van der Waals surface area contributed by atoms with Crippen LogP contribution in [0.3, 0.4) is 0 Å². The van der Waals surface area contributed by atoms with Crippen LogP contribution in [-0.4, -0.2) is 32.0 Å². The molecule has 150 valence electrons. The Kier molecular flexibility index (Phi) is 6.01. The summed E-state index contributed by atoms with van der Waals surface area (Å²) in [5.74, 6) is -2.06. The Balaban J connectivity index is 2.01. The number of nitrogens with one attached hydrogen (secondary N) is 1. The number of carbonyl (C=O) groups is 2. The average molecular weight is 394 g/mol. The highest BCUT2D eigenvalue weighted by Crippen LogP contribution is 2.22.